The van der Waals surface area contributed by atoms with Gasteiger partial charge in [0.1, 0.15) is 6.04 Å². The van der Waals surface area contributed by atoms with E-state index in [1.165, 1.54) is 0 Å². The van der Waals surface area contributed by atoms with Crippen LogP contribution in [-0.2, 0) is 9.59 Å². The predicted octanol–water partition coefficient (Wildman–Crippen LogP) is 1.46. The maximum Gasteiger partial charge on any atom is 0.326 e. The number of amides is 4. The Hall–Kier alpha value is -2.95. The Morgan fingerprint density at radius 1 is 1.12 bits per heavy atom. The number of anilines is 1. The van der Waals surface area contributed by atoms with Gasteiger partial charge in [-0.2, -0.15) is 11.8 Å². The standard InChI is InChI=1S/C23H33N5O5S/c24-15-10-8-14(9-11-15)21(30)26-16(22(31)32)5-3-4-12-25-19(29)7-2-1-6-18-20-17(13-34-18)27-23(33)28-20/h8-11,16-18,20H,1-7,12-13,24H2,(H,25,29)(H,26,30)(H,31,32)(H2,27,28,33)/t16?,17-,18-,20-/m0/s1. The highest BCUT2D eigenvalue weighted by molar-refractivity contribution is 8.00. The van der Waals surface area contributed by atoms with E-state index in [-0.39, 0.29) is 30.4 Å². The van der Waals surface area contributed by atoms with Crippen molar-refractivity contribution in [1.82, 2.24) is 21.3 Å². The fourth-order valence-electron chi connectivity index (χ4n) is 4.20. The summed E-state index contributed by atoms with van der Waals surface area (Å²) in [4.78, 5) is 47.2. The summed E-state index contributed by atoms with van der Waals surface area (Å²) < 4.78 is 0. The van der Waals surface area contributed by atoms with Gasteiger partial charge in [-0.25, -0.2) is 9.59 Å². The van der Waals surface area contributed by atoms with Gasteiger partial charge in [0.2, 0.25) is 5.91 Å². The molecule has 1 aromatic carbocycles. The van der Waals surface area contributed by atoms with Crippen LogP contribution in [0.15, 0.2) is 24.3 Å². The maximum absolute atomic E-state index is 12.2. The average Bonchev–Trinajstić information content (AvgIpc) is 3.35. The Morgan fingerprint density at radius 3 is 2.62 bits per heavy atom. The third kappa shape index (κ3) is 7.54. The van der Waals surface area contributed by atoms with E-state index in [9.17, 15) is 24.3 Å². The highest BCUT2D eigenvalue weighted by atomic mass is 32.2. The fourth-order valence-corrected chi connectivity index (χ4v) is 5.74. The van der Waals surface area contributed by atoms with Crippen LogP contribution < -0.4 is 27.0 Å². The number of thioether (sulfide) groups is 1. The SMILES string of the molecule is Nc1ccc(C(=O)NC(CCCCNC(=O)CCCC[C@@H]2SC[C@@H]3NC(=O)N[C@@H]32)C(=O)O)cc1. The van der Waals surface area contributed by atoms with Crippen LogP contribution in [0.4, 0.5) is 10.5 Å². The van der Waals surface area contributed by atoms with E-state index in [1.807, 2.05) is 11.8 Å². The van der Waals surface area contributed by atoms with E-state index in [2.05, 4.69) is 21.3 Å². The summed E-state index contributed by atoms with van der Waals surface area (Å²) in [5.74, 6) is -0.631. The molecule has 2 aliphatic heterocycles. The van der Waals surface area contributed by atoms with Gasteiger partial charge in [-0.15, -0.1) is 0 Å². The monoisotopic (exact) mass is 491 g/mol. The second-order valence-electron chi connectivity index (χ2n) is 8.70. The third-order valence-electron chi connectivity index (χ3n) is 6.10. The Morgan fingerprint density at radius 2 is 1.88 bits per heavy atom. The molecule has 0 spiro atoms. The molecule has 10 nitrogen and oxygen atoms in total. The van der Waals surface area contributed by atoms with Gasteiger partial charge in [0.25, 0.3) is 5.91 Å². The molecule has 11 heteroatoms. The predicted molar refractivity (Wildman–Crippen MR) is 131 cm³/mol. The fraction of sp³-hybridized carbons (Fsp3) is 0.565. The Bertz CT molecular complexity index is 881. The molecule has 4 amide bonds. The largest absolute Gasteiger partial charge is 0.480 e. The third-order valence-corrected chi connectivity index (χ3v) is 7.61. The summed E-state index contributed by atoms with van der Waals surface area (Å²) in [6.45, 7) is 0.469. The van der Waals surface area contributed by atoms with Gasteiger partial charge in [0.05, 0.1) is 12.1 Å². The molecule has 2 heterocycles. The zero-order valence-corrected chi connectivity index (χ0v) is 19.9. The first-order chi connectivity index (χ1) is 16.3. The first kappa shape index (κ1) is 25.7. The summed E-state index contributed by atoms with van der Waals surface area (Å²) in [6.07, 6.45) is 4.60. The van der Waals surface area contributed by atoms with Crippen LogP contribution in [0.1, 0.15) is 55.3 Å². The minimum absolute atomic E-state index is 0.0146. The van der Waals surface area contributed by atoms with Crippen molar-refractivity contribution in [1.29, 1.82) is 0 Å². The van der Waals surface area contributed by atoms with Crippen molar-refractivity contribution >= 4 is 41.3 Å². The second kappa shape index (κ2) is 12.5. The van der Waals surface area contributed by atoms with Crippen LogP contribution in [0.2, 0.25) is 0 Å². The number of nitrogens with one attached hydrogen (secondary N) is 4. The lowest BCUT2D eigenvalue weighted by atomic mass is 10.0. The molecule has 2 aliphatic rings. The molecule has 0 saturated carbocycles. The van der Waals surface area contributed by atoms with Gasteiger partial charge in [-0.1, -0.05) is 6.42 Å². The molecule has 186 valence electrons. The molecule has 3 rings (SSSR count). The quantitative estimate of drug-likeness (QED) is 0.138. The first-order valence-electron chi connectivity index (χ1n) is 11.7. The van der Waals surface area contributed by atoms with Crippen LogP contribution in [0.3, 0.4) is 0 Å². The lowest BCUT2D eigenvalue weighted by molar-refractivity contribution is -0.139. The number of carboxylic acids is 1. The molecule has 2 fully saturated rings. The number of nitrogen functional groups attached to an aromatic ring is 1. The van der Waals surface area contributed by atoms with Crippen molar-refractivity contribution in [3.63, 3.8) is 0 Å². The number of carboxylic acid groups (broad SMARTS) is 1. The van der Waals surface area contributed by atoms with E-state index >= 15 is 0 Å². The number of fused-ring (bicyclic) bond motifs is 1. The van der Waals surface area contributed by atoms with Gasteiger partial charge in [-0.3, -0.25) is 9.59 Å². The van der Waals surface area contributed by atoms with Gasteiger partial charge in [0.15, 0.2) is 0 Å². The smallest absolute Gasteiger partial charge is 0.326 e. The van der Waals surface area contributed by atoms with Crippen molar-refractivity contribution in [2.45, 2.75) is 68.3 Å². The Labute approximate surface area is 203 Å². The van der Waals surface area contributed by atoms with Gasteiger partial charge in [-0.05, 0) is 56.4 Å². The number of aliphatic carboxylic acids is 1. The van der Waals surface area contributed by atoms with Gasteiger partial charge < -0.3 is 32.1 Å². The average molecular weight is 492 g/mol. The van der Waals surface area contributed by atoms with Crippen molar-refractivity contribution in [3.8, 4) is 0 Å². The van der Waals surface area contributed by atoms with Crippen molar-refractivity contribution in [2.75, 3.05) is 18.0 Å². The molecule has 0 aromatic heterocycles. The van der Waals surface area contributed by atoms with Crippen molar-refractivity contribution < 1.29 is 24.3 Å². The molecular weight excluding hydrogens is 458 g/mol. The highest BCUT2D eigenvalue weighted by Crippen LogP contribution is 2.33. The number of rotatable bonds is 13. The first-order valence-corrected chi connectivity index (χ1v) is 12.7. The molecular formula is C23H33N5O5S. The number of urea groups is 1. The summed E-state index contributed by atoms with van der Waals surface area (Å²) in [5.41, 5.74) is 6.48. The van der Waals surface area contributed by atoms with E-state index in [1.54, 1.807) is 24.3 Å². The number of carbonyl (C=O) groups excluding carboxylic acids is 3. The summed E-state index contributed by atoms with van der Waals surface area (Å²) >= 11 is 1.87. The van der Waals surface area contributed by atoms with Crippen LogP contribution >= 0.6 is 11.8 Å². The number of unbranched alkanes of at least 4 members (excludes halogenated alkanes) is 2. The van der Waals surface area contributed by atoms with Crippen LogP contribution in [0.25, 0.3) is 0 Å². The zero-order chi connectivity index (χ0) is 24.5. The number of benzene rings is 1. The van der Waals surface area contributed by atoms with E-state index in [0.29, 0.717) is 42.3 Å². The lowest BCUT2D eigenvalue weighted by Gasteiger charge is -2.16. The van der Waals surface area contributed by atoms with E-state index in [0.717, 1.165) is 25.0 Å². The number of nitrogens with two attached hydrogens (primary N) is 1. The minimum atomic E-state index is -1.09. The topological polar surface area (TPSA) is 163 Å². The molecule has 34 heavy (non-hydrogen) atoms. The normalized spacial score (nSPS) is 21.8. The molecule has 4 atom stereocenters. The van der Waals surface area contributed by atoms with Gasteiger partial charge in [0, 0.05) is 35.2 Å². The Kier molecular flexibility index (Phi) is 9.43. The number of hydrogen-bond donors (Lipinski definition) is 6. The van der Waals surface area contributed by atoms with Crippen molar-refractivity contribution in [3.05, 3.63) is 29.8 Å². The zero-order valence-electron chi connectivity index (χ0n) is 19.0. The molecule has 1 unspecified atom stereocenters. The number of hydrogen-bond acceptors (Lipinski definition) is 6. The Balaban J connectivity index is 1.24. The van der Waals surface area contributed by atoms with Crippen molar-refractivity contribution in [2.24, 2.45) is 0 Å². The van der Waals surface area contributed by atoms with Crippen LogP contribution in [-0.4, -0.2) is 64.6 Å². The van der Waals surface area contributed by atoms with E-state index in [4.69, 9.17) is 5.73 Å². The summed E-state index contributed by atoms with van der Waals surface area (Å²) in [6, 6.07) is 5.60. The van der Waals surface area contributed by atoms with Gasteiger partial charge >= 0.3 is 12.0 Å². The molecule has 7 N–H and O–H groups in total. The molecule has 2 saturated heterocycles. The molecule has 0 aliphatic carbocycles. The molecule has 0 bridgehead atoms. The summed E-state index contributed by atoms with van der Waals surface area (Å²) in [7, 11) is 0. The van der Waals surface area contributed by atoms with Crippen LogP contribution in [0.5, 0.6) is 0 Å². The number of carbonyl (C=O) groups is 4. The van der Waals surface area contributed by atoms with E-state index < -0.39 is 17.9 Å². The molecule has 0 radical (unpaired) electrons. The molecule has 1 aromatic rings. The maximum atomic E-state index is 12.2. The minimum Gasteiger partial charge on any atom is -0.480 e. The second-order valence-corrected chi connectivity index (χ2v) is 9.97. The highest BCUT2D eigenvalue weighted by Gasteiger charge is 2.42. The lowest BCUT2D eigenvalue weighted by Crippen LogP contribution is -2.40. The van der Waals surface area contributed by atoms with Crippen LogP contribution in [0, 0.1) is 0 Å². The summed E-state index contributed by atoms with van der Waals surface area (Å²) in [5, 5.41) is 21.1.